The van der Waals surface area contributed by atoms with Crippen LogP contribution in [0.2, 0.25) is 0 Å². The third-order valence-electron chi connectivity index (χ3n) is 3.31. The molecule has 2 fully saturated rings. The molecule has 0 amide bonds. The first kappa shape index (κ1) is 13.3. The molecule has 4 nitrogen and oxygen atoms in total. The van der Waals surface area contributed by atoms with Crippen molar-refractivity contribution in [3.05, 3.63) is 0 Å². The smallest absolute Gasteiger partial charge is 0.181 e. The normalized spacial score (nSPS) is 24.9. The molecule has 0 unspecified atom stereocenters. The van der Waals surface area contributed by atoms with E-state index in [1.54, 1.807) is 0 Å². The zero-order valence-corrected chi connectivity index (χ0v) is 11.1. The minimum atomic E-state index is -0.295. The van der Waals surface area contributed by atoms with Gasteiger partial charge in [0.25, 0.3) is 0 Å². The van der Waals surface area contributed by atoms with Gasteiger partial charge in [-0.05, 0) is 18.9 Å². The summed E-state index contributed by atoms with van der Waals surface area (Å²) in [7, 11) is 0. The van der Waals surface area contributed by atoms with Gasteiger partial charge in [0.1, 0.15) is 0 Å². The first-order valence-corrected chi connectivity index (χ1v) is 6.78. The van der Waals surface area contributed by atoms with Crippen molar-refractivity contribution in [3.63, 3.8) is 0 Å². The van der Waals surface area contributed by atoms with Gasteiger partial charge in [-0.3, -0.25) is 4.90 Å². The molecule has 4 heteroatoms. The lowest BCUT2D eigenvalue weighted by molar-refractivity contribution is -0.190. The van der Waals surface area contributed by atoms with E-state index in [1.165, 1.54) is 0 Å². The van der Waals surface area contributed by atoms with Crippen molar-refractivity contribution < 1.29 is 14.2 Å². The quantitative estimate of drug-likeness (QED) is 0.685. The van der Waals surface area contributed by atoms with Crippen LogP contribution in [0.4, 0.5) is 0 Å². The molecule has 1 spiro atoms. The van der Waals surface area contributed by atoms with Crippen LogP contribution >= 0.6 is 0 Å². The third-order valence-corrected chi connectivity index (χ3v) is 3.31. The van der Waals surface area contributed by atoms with E-state index in [4.69, 9.17) is 14.2 Å². The standard InChI is InChI=1S/C13H25NO3/c1-12(2)10-15-7-6-14-5-3-4-13(11-14)16-8-9-17-13/h12H,3-11H2,1-2H3. The molecular weight excluding hydrogens is 218 g/mol. The van der Waals surface area contributed by atoms with Crippen LogP contribution in [0.25, 0.3) is 0 Å². The molecule has 0 aromatic rings. The first-order valence-electron chi connectivity index (χ1n) is 6.78. The van der Waals surface area contributed by atoms with Crippen LogP contribution in [-0.4, -0.2) is 56.7 Å². The summed E-state index contributed by atoms with van der Waals surface area (Å²) >= 11 is 0. The third kappa shape index (κ3) is 3.91. The van der Waals surface area contributed by atoms with E-state index in [1.807, 2.05) is 0 Å². The van der Waals surface area contributed by atoms with Gasteiger partial charge in [-0.2, -0.15) is 0 Å². The van der Waals surface area contributed by atoms with Crippen LogP contribution in [-0.2, 0) is 14.2 Å². The number of likely N-dealkylation sites (tertiary alicyclic amines) is 1. The van der Waals surface area contributed by atoms with Crippen LogP contribution in [0, 0.1) is 5.92 Å². The summed E-state index contributed by atoms with van der Waals surface area (Å²) < 4.78 is 17.1. The van der Waals surface area contributed by atoms with Crippen LogP contribution in [0.3, 0.4) is 0 Å². The van der Waals surface area contributed by atoms with E-state index in [0.29, 0.717) is 5.92 Å². The van der Waals surface area contributed by atoms with Gasteiger partial charge >= 0.3 is 0 Å². The lowest BCUT2D eigenvalue weighted by Crippen LogP contribution is -2.49. The predicted molar refractivity (Wildman–Crippen MR) is 66.0 cm³/mol. The molecular formula is C13H25NO3. The Morgan fingerprint density at radius 1 is 1.29 bits per heavy atom. The Morgan fingerprint density at radius 3 is 2.76 bits per heavy atom. The van der Waals surface area contributed by atoms with Gasteiger partial charge in [0.15, 0.2) is 5.79 Å². The summed E-state index contributed by atoms with van der Waals surface area (Å²) in [5.41, 5.74) is 0. The van der Waals surface area contributed by atoms with E-state index in [0.717, 1.165) is 58.9 Å². The zero-order chi connectivity index (χ0) is 12.1. The summed E-state index contributed by atoms with van der Waals surface area (Å²) in [6.45, 7) is 10.5. The highest BCUT2D eigenvalue weighted by atomic mass is 16.7. The highest BCUT2D eigenvalue weighted by molar-refractivity contribution is 4.83. The summed E-state index contributed by atoms with van der Waals surface area (Å²) in [4.78, 5) is 2.40. The van der Waals surface area contributed by atoms with Crippen molar-refractivity contribution in [1.82, 2.24) is 4.90 Å². The molecule has 0 aliphatic carbocycles. The Bertz CT molecular complexity index is 227. The SMILES string of the molecule is CC(C)COCCN1CCCC2(C1)OCCO2. The predicted octanol–water partition coefficient (Wildman–Crippen LogP) is 1.50. The lowest BCUT2D eigenvalue weighted by atomic mass is 10.0. The molecule has 0 atom stereocenters. The first-order chi connectivity index (χ1) is 8.20. The fourth-order valence-electron chi connectivity index (χ4n) is 2.51. The molecule has 0 aromatic heterocycles. The van der Waals surface area contributed by atoms with Gasteiger partial charge in [0.05, 0.1) is 26.4 Å². The molecule has 100 valence electrons. The van der Waals surface area contributed by atoms with Crippen molar-refractivity contribution in [2.75, 3.05) is 46.1 Å². The summed E-state index contributed by atoms with van der Waals surface area (Å²) in [5.74, 6) is 0.320. The van der Waals surface area contributed by atoms with E-state index in [9.17, 15) is 0 Å². The molecule has 2 aliphatic heterocycles. The molecule has 0 aromatic carbocycles. The van der Waals surface area contributed by atoms with E-state index in [-0.39, 0.29) is 5.79 Å². The molecule has 17 heavy (non-hydrogen) atoms. The van der Waals surface area contributed by atoms with Gasteiger partial charge in [-0.1, -0.05) is 13.8 Å². The zero-order valence-electron chi connectivity index (χ0n) is 11.1. The molecule has 0 saturated carbocycles. The number of hydrogen-bond acceptors (Lipinski definition) is 4. The molecule has 2 rings (SSSR count). The minimum Gasteiger partial charge on any atom is -0.380 e. The molecule has 0 N–H and O–H groups in total. The highest BCUT2D eigenvalue weighted by Gasteiger charge is 2.40. The largest absolute Gasteiger partial charge is 0.380 e. The average Bonchev–Trinajstić information content (AvgIpc) is 2.73. The average molecular weight is 243 g/mol. The van der Waals surface area contributed by atoms with E-state index >= 15 is 0 Å². The fraction of sp³-hybridized carbons (Fsp3) is 1.00. The summed E-state index contributed by atoms with van der Waals surface area (Å²) in [6, 6.07) is 0. The van der Waals surface area contributed by atoms with Crippen molar-refractivity contribution in [2.24, 2.45) is 5.92 Å². The monoisotopic (exact) mass is 243 g/mol. The van der Waals surface area contributed by atoms with E-state index < -0.39 is 0 Å². The lowest BCUT2D eigenvalue weighted by Gasteiger charge is -2.38. The molecule has 2 aliphatic rings. The Morgan fingerprint density at radius 2 is 2.06 bits per heavy atom. The van der Waals surface area contributed by atoms with Crippen LogP contribution < -0.4 is 0 Å². The molecule has 0 radical (unpaired) electrons. The van der Waals surface area contributed by atoms with Gasteiger partial charge in [-0.25, -0.2) is 0 Å². The number of hydrogen-bond donors (Lipinski definition) is 0. The molecule has 0 bridgehead atoms. The van der Waals surface area contributed by atoms with Gasteiger partial charge in [-0.15, -0.1) is 0 Å². The molecule has 2 heterocycles. The van der Waals surface area contributed by atoms with Crippen molar-refractivity contribution in [1.29, 1.82) is 0 Å². The summed E-state index contributed by atoms with van der Waals surface area (Å²) in [6.07, 6.45) is 2.19. The van der Waals surface area contributed by atoms with Crippen LogP contribution in [0.15, 0.2) is 0 Å². The second-order valence-electron chi connectivity index (χ2n) is 5.46. The minimum absolute atomic E-state index is 0.295. The fourth-order valence-corrected chi connectivity index (χ4v) is 2.51. The Labute approximate surface area is 104 Å². The van der Waals surface area contributed by atoms with E-state index in [2.05, 4.69) is 18.7 Å². The molecule has 2 saturated heterocycles. The topological polar surface area (TPSA) is 30.9 Å². The number of ether oxygens (including phenoxy) is 3. The number of nitrogens with zero attached hydrogens (tertiary/aromatic N) is 1. The highest BCUT2D eigenvalue weighted by Crippen LogP contribution is 2.29. The van der Waals surface area contributed by atoms with Gasteiger partial charge < -0.3 is 14.2 Å². The van der Waals surface area contributed by atoms with Crippen molar-refractivity contribution in [3.8, 4) is 0 Å². The second kappa shape index (κ2) is 6.14. The van der Waals surface area contributed by atoms with Crippen molar-refractivity contribution >= 4 is 0 Å². The van der Waals surface area contributed by atoms with Gasteiger partial charge in [0.2, 0.25) is 0 Å². The maximum Gasteiger partial charge on any atom is 0.181 e. The Hall–Kier alpha value is -0.160. The Balaban J connectivity index is 1.67. The second-order valence-corrected chi connectivity index (χ2v) is 5.46. The summed E-state index contributed by atoms with van der Waals surface area (Å²) in [5, 5.41) is 0. The maximum absolute atomic E-state index is 5.75. The van der Waals surface area contributed by atoms with Crippen LogP contribution in [0.5, 0.6) is 0 Å². The maximum atomic E-state index is 5.75. The van der Waals surface area contributed by atoms with Gasteiger partial charge in [0, 0.05) is 19.6 Å². The van der Waals surface area contributed by atoms with Crippen molar-refractivity contribution in [2.45, 2.75) is 32.5 Å². The number of rotatable bonds is 5. The van der Waals surface area contributed by atoms with Crippen LogP contribution in [0.1, 0.15) is 26.7 Å². The Kier molecular flexibility index (Phi) is 4.79. The number of piperidine rings is 1.